The third-order valence-electron chi connectivity index (χ3n) is 4.28. The Morgan fingerprint density at radius 2 is 1.95 bits per heavy atom. The lowest BCUT2D eigenvalue weighted by Crippen LogP contribution is -2.43. The first-order valence-electron chi connectivity index (χ1n) is 8.15. The van der Waals surface area contributed by atoms with Crippen LogP contribution in [0.3, 0.4) is 0 Å². The standard InChI is InChI=1S/C18H25NO3/c1-3-19(16-9-5-4-6-10-16)18(21)13-22-17-11-7-8-15(12-17)14(2)20/h7-8,11-12,16H,3-6,9-10,13H2,1-2H3. The fourth-order valence-electron chi connectivity index (χ4n) is 3.06. The number of nitrogens with zero attached hydrogens (tertiary/aromatic N) is 1. The Morgan fingerprint density at radius 1 is 1.23 bits per heavy atom. The van der Waals surface area contributed by atoms with Crippen LogP contribution in [-0.4, -0.2) is 35.8 Å². The number of Topliss-reactive ketones (excluding diaryl/α,β-unsaturated/α-hetero) is 1. The summed E-state index contributed by atoms with van der Waals surface area (Å²) in [6.07, 6.45) is 5.88. The molecule has 1 aromatic carbocycles. The van der Waals surface area contributed by atoms with Gasteiger partial charge in [0.25, 0.3) is 5.91 Å². The zero-order chi connectivity index (χ0) is 15.9. The molecule has 0 spiro atoms. The number of benzene rings is 1. The van der Waals surface area contributed by atoms with E-state index in [1.54, 1.807) is 24.3 Å². The van der Waals surface area contributed by atoms with Gasteiger partial charge in [-0.15, -0.1) is 0 Å². The van der Waals surface area contributed by atoms with Crippen LogP contribution < -0.4 is 4.74 Å². The van der Waals surface area contributed by atoms with Gasteiger partial charge in [0, 0.05) is 18.2 Å². The lowest BCUT2D eigenvalue weighted by atomic mass is 9.94. The quantitative estimate of drug-likeness (QED) is 0.756. The van der Waals surface area contributed by atoms with Crippen molar-refractivity contribution in [3.05, 3.63) is 29.8 Å². The molecule has 0 aromatic heterocycles. The van der Waals surface area contributed by atoms with Gasteiger partial charge in [-0.1, -0.05) is 31.4 Å². The summed E-state index contributed by atoms with van der Waals surface area (Å²) in [6, 6.07) is 7.34. The van der Waals surface area contributed by atoms with Gasteiger partial charge in [0.15, 0.2) is 12.4 Å². The van der Waals surface area contributed by atoms with E-state index >= 15 is 0 Å². The van der Waals surface area contributed by atoms with Crippen molar-refractivity contribution in [1.82, 2.24) is 4.90 Å². The second kappa shape index (κ2) is 7.97. The van der Waals surface area contributed by atoms with Crippen LogP contribution in [-0.2, 0) is 4.79 Å². The number of rotatable bonds is 6. The van der Waals surface area contributed by atoms with Crippen LogP contribution in [0.4, 0.5) is 0 Å². The van der Waals surface area contributed by atoms with Gasteiger partial charge in [-0.05, 0) is 38.8 Å². The highest BCUT2D eigenvalue weighted by Gasteiger charge is 2.24. The van der Waals surface area contributed by atoms with Gasteiger partial charge in [-0.2, -0.15) is 0 Å². The average Bonchev–Trinajstić information content (AvgIpc) is 2.55. The number of carbonyl (C=O) groups excluding carboxylic acids is 2. The molecule has 0 heterocycles. The number of ketones is 1. The molecule has 22 heavy (non-hydrogen) atoms. The molecule has 1 saturated carbocycles. The molecule has 0 unspecified atom stereocenters. The summed E-state index contributed by atoms with van der Waals surface area (Å²) in [7, 11) is 0. The predicted octanol–water partition coefficient (Wildman–Crippen LogP) is 3.45. The summed E-state index contributed by atoms with van der Waals surface area (Å²) >= 11 is 0. The first kappa shape index (κ1) is 16.5. The molecule has 0 radical (unpaired) electrons. The van der Waals surface area contributed by atoms with Crippen LogP contribution >= 0.6 is 0 Å². The molecule has 4 heteroatoms. The molecule has 0 aliphatic heterocycles. The van der Waals surface area contributed by atoms with E-state index in [0.717, 1.165) is 19.4 Å². The molecule has 120 valence electrons. The molecular formula is C18H25NO3. The van der Waals surface area contributed by atoms with Crippen LogP contribution in [0.2, 0.25) is 0 Å². The van der Waals surface area contributed by atoms with E-state index < -0.39 is 0 Å². The Morgan fingerprint density at radius 3 is 2.59 bits per heavy atom. The van der Waals surface area contributed by atoms with Gasteiger partial charge in [-0.25, -0.2) is 0 Å². The molecular weight excluding hydrogens is 278 g/mol. The molecule has 1 fully saturated rings. The van der Waals surface area contributed by atoms with Crippen LogP contribution in [0.15, 0.2) is 24.3 Å². The number of hydrogen-bond acceptors (Lipinski definition) is 3. The summed E-state index contributed by atoms with van der Waals surface area (Å²) in [5, 5.41) is 0. The molecule has 1 aromatic rings. The highest BCUT2D eigenvalue weighted by Crippen LogP contribution is 2.23. The monoisotopic (exact) mass is 303 g/mol. The third kappa shape index (κ3) is 4.33. The van der Waals surface area contributed by atoms with Crippen LogP contribution in [0.25, 0.3) is 0 Å². The van der Waals surface area contributed by atoms with Crippen molar-refractivity contribution >= 4 is 11.7 Å². The topological polar surface area (TPSA) is 46.6 Å². The third-order valence-corrected chi connectivity index (χ3v) is 4.28. The number of ether oxygens (including phenoxy) is 1. The molecule has 0 bridgehead atoms. The van der Waals surface area contributed by atoms with E-state index in [9.17, 15) is 9.59 Å². The molecule has 1 amide bonds. The maximum atomic E-state index is 12.4. The highest BCUT2D eigenvalue weighted by molar-refractivity contribution is 5.94. The Hall–Kier alpha value is -1.84. The molecule has 2 rings (SSSR count). The summed E-state index contributed by atoms with van der Waals surface area (Å²) in [6.45, 7) is 4.29. The van der Waals surface area contributed by atoms with Gasteiger partial charge in [0.1, 0.15) is 5.75 Å². The summed E-state index contributed by atoms with van der Waals surface area (Å²) in [4.78, 5) is 25.7. The van der Waals surface area contributed by atoms with E-state index in [-0.39, 0.29) is 18.3 Å². The smallest absolute Gasteiger partial charge is 0.260 e. The van der Waals surface area contributed by atoms with Crippen molar-refractivity contribution in [1.29, 1.82) is 0 Å². The Labute approximate surface area is 132 Å². The largest absolute Gasteiger partial charge is 0.484 e. The maximum absolute atomic E-state index is 12.4. The zero-order valence-electron chi connectivity index (χ0n) is 13.5. The highest BCUT2D eigenvalue weighted by atomic mass is 16.5. The number of hydrogen-bond donors (Lipinski definition) is 0. The van der Waals surface area contributed by atoms with Gasteiger partial charge in [-0.3, -0.25) is 9.59 Å². The normalized spacial score (nSPS) is 15.4. The van der Waals surface area contributed by atoms with Crippen LogP contribution in [0.5, 0.6) is 5.75 Å². The second-order valence-electron chi connectivity index (χ2n) is 5.84. The van der Waals surface area contributed by atoms with E-state index in [0.29, 0.717) is 17.4 Å². The molecule has 0 atom stereocenters. The van der Waals surface area contributed by atoms with Crippen molar-refractivity contribution in [3.8, 4) is 5.75 Å². The maximum Gasteiger partial charge on any atom is 0.260 e. The fraction of sp³-hybridized carbons (Fsp3) is 0.556. The van der Waals surface area contributed by atoms with Crippen molar-refractivity contribution in [3.63, 3.8) is 0 Å². The van der Waals surface area contributed by atoms with E-state index in [2.05, 4.69) is 0 Å². The molecule has 1 aliphatic rings. The number of likely N-dealkylation sites (N-methyl/N-ethyl adjacent to an activating group) is 1. The molecule has 0 N–H and O–H groups in total. The lowest BCUT2D eigenvalue weighted by molar-refractivity contribution is -0.136. The average molecular weight is 303 g/mol. The van der Waals surface area contributed by atoms with Crippen molar-refractivity contribution in [2.75, 3.05) is 13.2 Å². The minimum Gasteiger partial charge on any atom is -0.484 e. The van der Waals surface area contributed by atoms with Crippen molar-refractivity contribution < 1.29 is 14.3 Å². The zero-order valence-corrected chi connectivity index (χ0v) is 13.5. The minimum atomic E-state index is -0.00540. The Kier molecular flexibility index (Phi) is 5.99. The predicted molar refractivity (Wildman–Crippen MR) is 86.2 cm³/mol. The van der Waals surface area contributed by atoms with E-state index in [1.807, 2.05) is 11.8 Å². The minimum absolute atomic E-state index is 0.00540. The first-order chi connectivity index (χ1) is 10.6. The lowest BCUT2D eigenvalue weighted by Gasteiger charge is -2.33. The second-order valence-corrected chi connectivity index (χ2v) is 5.84. The molecule has 1 aliphatic carbocycles. The fourth-order valence-corrected chi connectivity index (χ4v) is 3.06. The van der Waals surface area contributed by atoms with E-state index in [1.165, 1.54) is 26.2 Å². The Balaban J connectivity index is 1.93. The number of amides is 1. The van der Waals surface area contributed by atoms with E-state index in [4.69, 9.17) is 4.74 Å². The first-order valence-corrected chi connectivity index (χ1v) is 8.15. The van der Waals surface area contributed by atoms with Gasteiger partial charge >= 0.3 is 0 Å². The van der Waals surface area contributed by atoms with Gasteiger partial charge < -0.3 is 9.64 Å². The van der Waals surface area contributed by atoms with Gasteiger partial charge in [0.2, 0.25) is 0 Å². The van der Waals surface area contributed by atoms with Crippen molar-refractivity contribution in [2.45, 2.75) is 52.0 Å². The summed E-state index contributed by atoms with van der Waals surface area (Å²) in [5.41, 5.74) is 0.601. The summed E-state index contributed by atoms with van der Waals surface area (Å²) in [5.74, 6) is 0.595. The molecule has 4 nitrogen and oxygen atoms in total. The Bertz CT molecular complexity index is 521. The summed E-state index contributed by atoms with van der Waals surface area (Å²) < 4.78 is 5.59. The molecule has 0 saturated heterocycles. The SMILES string of the molecule is CCN(C(=O)COc1cccc(C(C)=O)c1)C1CCCCC1. The number of carbonyl (C=O) groups is 2. The van der Waals surface area contributed by atoms with Gasteiger partial charge in [0.05, 0.1) is 0 Å². The van der Waals surface area contributed by atoms with Crippen LogP contribution in [0.1, 0.15) is 56.3 Å². The van der Waals surface area contributed by atoms with Crippen molar-refractivity contribution in [2.24, 2.45) is 0 Å². The van der Waals surface area contributed by atoms with Crippen LogP contribution in [0, 0.1) is 0 Å².